The van der Waals surface area contributed by atoms with Crippen LogP contribution in [0.15, 0.2) is 4.99 Å². The van der Waals surface area contributed by atoms with Crippen LogP contribution < -0.4 is 5.32 Å². The fourth-order valence-corrected chi connectivity index (χ4v) is 2.82. The molecule has 1 rings (SSSR count). The second-order valence-corrected chi connectivity index (χ2v) is 5.71. The van der Waals surface area contributed by atoms with Gasteiger partial charge >= 0.3 is 0 Å². The predicted molar refractivity (Wildman–Crippen MR) is 80.3 cm³/mol. The predicted octanol–water partition coefficient (Wildman–Crippen LogP) is -0.486. The number of amidine groups is 1. The molecule has 1 fully saturated rings. The minimum absolute atomic E-state index is 0.337. The summed E-state index contributed by atoms with van der Waals surface area (Å²) in [6.45, 7) is 2.42. The van der Waals surface area contributed by atoms with E-state index in [-0.39, 0.29) is 6.61 Å². The number of aliphatic hydroxyl groups is 3. The Morgan fingerprint density at radius 1 is 1.44 bits per heavy atom. The minimum atomic E-state index is -1.15. The van der Waals surface area contributed by atoms with Gasteiger partial charge in [-0.25, -0.2) is 0 Å². The number of aliphatic hydroxyl groups excluding tert-OH is 3. The van der Waals surface area contributed by atoms with Crippen LogP contribution in [0.2, 0.25) is 0 Å². The van der Waals surface area contributed by atoms with E-state index in [9.17, 15) is 10.2 Å². The maximum Gasteiger partial charge on any atom is 0.153 e. The van der Waals surface area contributed by atoms with Crippen molar-refractivity contribution in [3.63, 3.8) is 0 Å². The van der Waals surface area contributed by atoms with E-state index in [1.165, 1.54) is 0 Å². The van der Waals surface area contributed by atoms with E-state index in [4.69, 9.17) is 9.84 Å². The standard InChI is InChI=1S/C10H19IN2O4S/c1-2-3-12-10(18)13-6-8(16)7(15)5(4-14)17-9(6)11/h5-9,14-16H,2-4H2,1H3,(H2,12,13,18)/t5-,6-,7-,8-,9+/m1/s1. The fourth-order valence-electron chi connectivity index (χ4n) is 1.61. The lowest BCUT2D eigenvalue weighted by Gasteiger charge is -2.38. The summed E-state index contributed by atoms with van der Waals surface area (Å²) in [5.41, 5.74) is 0. The van der Waals surface area contributed by atoms with Gasteiger partial charge in [0.25, 0.3) is 0 Å². The quantitative estimate of drug-likeness (QED) is 0.147. The van der Waals surface area contributed by atoms with Gasteiger partial charge in [-0.05, 0) is 29.0 Å². The van der Waals surface area contributed by atoms with Crippen LogP contribution in [0.3, 0.4) is 0 Å². The van der Waals surface area contributed by atoms with E-state index in [0.717, 1.165) is 13.0 Å². The summed E-state index contributed by atoms with van der Waals surface area (Å²) in [7, 11) is 0. The first-order valence-electron chi connectivity index (χ1n) is 5.78. The first-order chi connectivity index (χ1) is 8.51. The second kappa shape index (κ2) is 7.85. The van der Waals surface area contributed by atoms with E-state index >= 15 is 0 Å². The molecule has 0 bridgehead atoms. The molecule has 1 heterocycles. The third-order valence-electron chi connectivity index (χ3n) is 2.64. The summed E-state index contributed by atoms with van der Waals surface area (Å²) in [5, 5.41) is 32.1. The summed E-state index contributed by atoms with van der Waals surface area (Å²) < 4.78 is 4.97. The number of ether oxygens (including phenoxy) is 1. The van der Waals surface area contributed by atoms with Crippen LogP contribution >= 0.6 is 35.2 Å². The summed E-state index contributed by atoms with van der Waals surface area (Å²) in [6.07, 6.45) is -2.07. The lowest BCUT2D eigenvalue weighted by Crippen LogP contribution is -2.56. The SMILES string of the molecule is CCCN/C(S)=N/[C@@H]1[C@@H](O)[C@H](O)[C@@H](CO)O[C@@H]1I. The molecule has 0 radical (unpaired) electrons. The van der Waals surface area contributed by atoms with E-state index in [2.05, 4.69) is 22.9 Å². The normalized spacial score (nSPS) is 37.7. The lowest BCUT2D eigenvalue weighted by atomic mass is 9.99. The van der Waals surface area contributed by atoms with Crippen molar-refractivity contribution in [2.45, 2.75) is 41.8 Å². The summed E-state index contributed by atoms with van der Waals surface area (Å²) in [5.74, 6) is 0. The van der Waals surface area contributed by atoms with E-state index in [1.807, 2.05) is 29.5 Å². The van der Waals surface area contributed by atoms with Gasteiger partial charge in [0, 0.05) is 6.54 Å². The summed E-state index contributed by atoms with van der Waals surface area (Å²) in [6, 6.07) is -0.611. The Labute approximate surface area is 125 Å². The van der Waals surface area contributed by atoms with Crippen LogP contribution in [0.5, 0.6) is 0 Å². The molecule has 6 nitrogen and oxygen atoms in total. The highest BCUT2D eigenvalue weighted by molar-refractivity contribution is 14.1. The van der Waals surface area contributed by atoms with Gasteiger partial charge in [0.05, 0.1) is 6.61 Å². The van der Waals surface area contributed by atoms with E-state index in [1.54, 1.807) is 0 Å². The van der Waals surface area contributed by atoms with E-state index in [0.29, 0.717) is 5.17 Å². The van der Waals surface area contributed by atoms with Crippen LogP contribution in [-0.2, 0) is 4.74 Å². The molecule has 0 spiro atoms. The molecule has 0 aromatic heterocycles. The van der Waals surface area contributed by atoms with Crippen molar-refractivity contribution in [1.82, 2.24) is 5.32 Å². The van der Waals surface area contributed by atoms with Crippen molar-refractivity contribution in [2.75, 3.05) is 13.2 Å². The molecule has 1 saturated heterocycles. The van der Waals surface area contributed by atoms with E-state index < -0.39 is 28.5 Å². The first kappa shape index (κ1) is 16.4. The Kier molecular flexibility index (Phi) is 7.17. The fraction of sp³-hybridized carbons (Fsp3) is 0.900. The Morgan fingerprint density at radius 2 is 2.11 bits per heavy atom. The zero-order valence-corrected chi connectivity index (χ0v) is 13.1. The number of hydrogen-bond donors (Lipinski definition) is 5. The number of nitrogens with zero attached hydrogens (tertiary/aromatic N) is 1. The largest absolute Gasteiger partial charge is 0.394 e. The molecule has 0 aromatic carbocycles. The highest BCUT2D eigenvalue weighted by atomic mass is 127. The summed E-state index contributed by atoms with van der Waals surface area (Å²) >= 11 is 6.15. The maximum absolute atomic E-state index is 9.97. The highest BCUT2D eigenvalue weighted by Gasteiger charge is 2.43. The molecule has 0 aliphatic carbocycles. The third kappa shape index (κ3) is 4.20. The molecule has 106 valence electrons. The smallest absolute Gasteiger partial charge is 0.153 e. The number of halogens is 1. The molecular weight excluding hydrogens is 371 g/mol. The van der Waals surface area contributed by atoms with Crippen molar-refractivity contribution < 1.29 is 20.1 Å². The molecule has 1 aliphatic heterocycles. The summed E-state index contributed by atoms with van der Waals surface area (Å²) in [4.78, 5) is 4.20. The van der Waals surface area contributed by atoms with Crippen molar-refractivity contribution in [1.29, 1.82) is 0 Å². The zero-order chi connectivity index (χ0) is 13.7. The lowest BCUT2D eigenvalue weighted by molar-refractivity contribution is -0.161. The Morgan fingerprint density at radius 3 is 2.67 bits per heavy atom. The second-order valence-electron chi connectivity index (χ2n) is 4.06. The average molecular weight is 390 g/mol. The Balaban J connectivity index is 2.70. The van der Waals surface area contributed by atoms with Gasteiger partial charge in [0.2, 0.25) is 0 Å². The molecule has 0 unspecified atom stereocenters. The van der Waals surface area contributed by atoms with Gasteiger partial charge in [0.15, 0.2) is 5.17 Å². The Hall–Kier alpha value is 0.390. The Bertz CT molecular complexity index is 295. The van der Waals surface area contributed by atoms with Crippen molar-refractivity contribution in [3.8, 4) is 0 Å². The van der Waals surface area contributed by atoms with Crippen molar-refractivity contribution in [2.24, 2.45) is 4.99 Å². The molecule has 8 heteroatoms. The topological polar surface area (TPSA) is 94.3 Å². The maximum atomic E-state index is 9.97. The zero-order valence-electron chi connectivity index (χ0n) is 10.0. The van der Waals surface area contributed by atoms with Gasteiger partial charge < -0.3 is 25.4 Å². The molecule has 0 amide bonds. The minimum Gasteiger partial charge on any atom is -0.394 e. The molecule has 18 heavy (non-hydrogen) atoms. The van der Waals surface area contributed by atoms with Crippen molar-refractivity contribution >= 4 is 40.4 Å². The number of aliphatic imine (C=N–C) groups is 1. The van der Waals surface area contributed by atoms with Gasteiger partial charge in [-0.3, -0.25) is 4.99 Å². The number of alkyl halides is 1. The number of rotatable bonds is 4. The monoisotopic (exact) mass is 390 g/mol. The van der Waals surface area contributed by atoms with Crippen LogP contribution in [0.25, 0.3) is 0 Å². The highest BCUT2D eigenvalue weighted by Crippen LogP contribution is 2.27. The van der Waals surface area contributed by atoms with Crippen molar-refractivity contribution in [3.05, 3.63) is 0 Å². The van der Waals surface area contributed by atoms with Crippen LogP contribution in [0.1, 0.15) is 13.3 Å². The first-order valence-corrected chi connectivity index (χ1v) is 7.47. The molecule has 5 atom stereocenters. The molecule has 1 aliphatic rings. The molecule has 0 saturated carbocycles. The third-order valence-corrected chi connectivity index (χ3v) is 3.94. The average Bonchev–Trinajstić information content (AvgIpc) is 2.36. The van der Waals surface area contributed by atoms with Gasteiger partial charge in [-0.15, -0.1) is 12.6 Å². The van der Waals surface area contributed by atoms with Crippen LogP contribution in [0, 0.1) is 0 Å². The molecule has 4 N–H and O–H groups in total. The van der Waals surface area contributed by atoms with Gasteiger partial charge in [-0.2, -0.15) is 0 Å². The van der Waals surface area contributed by atoms with Crippen LogP contribution in [0.4, 0.5) is 0 Å². The molecular formula is C10H19IN2O4S. The number of hydrogen-bond acceptors (Lipinski definition) is 5. The van der Waals surface area contributed by atoms with Gasteiger partial charge in [0.1, 0.15) is 28.5 Å². The van der Waals surface area contributed by atoms with Crippen LogP contribution in [-0.4, -0.2) is 62.1 Å². The number of nitrogens with one attached hydrogen (secondary N) is 1. The number of thiol groups is 1. The molecule has 0 aromatic rings. The van der Waals surface area contributed by atoms with Gasteiger partial charge in [-0.1, -0.05) is 6.92 Å².